The molecule has 0 fully saturated rings. The van der Waals surface area contributed by atoms with Gasteiger partial charge in [0.05, 0.1) is 12.8 Å². The maximum Gasteiger partial charge on any atom is 0.325 e. The number of rotatable bonds is 7. The summed E-state index contributed by atoms with van der Waals surface area (Å²) < 4.78 is 4.60. The smallest absolute Gasteiger partial charge is 0.325 e. The van der Waals surface area contributed by atoms with Crippen LogP contribution < -0.4 is 10.6 Å². The van der Waals surface area contributed by atoms with Crippen LogP contribution in [0.3, 0.4) is 0 Å². The highest BCUT2D eigenvalue weighted by atomic mass is 16.5. The van der Waals surface area contributed by atoms with Gasteiger partial charge in [0, 0.05) is 35.8 Å². The van der Waals surface area contributed by atoms with Gasteiger partial charge in [-0.25, -0.2) is 4.98 Å². The van der Waals surface area contributed by atoms with Crippen molar-refractivity contribution in [1.82, 2.24) is 25.5 Å². The Morgan fingerprint density at radius 3 is 2.88 bits per heavy atom. The van der Waals surface area contributed by atoms with Crippen molar-refractivity contribution in [3.63, 3.8) is 0 Å². The molecule has 3 heterocycles. The van der Waals surface area contributed by atoms with E-state index in [0.717, 1.165) is 41.8 Å². The predicted molar refractivity (Wildman–Crippen MR) is 124 cm³/mol. The second-order valence-corrected chi connectivity index (χ2v) is 8.97. The van der Waals surface area contributed by atoms with E-state index in [0.29, 0.717) is 12.4 Å². The van der Waals surface area contributed by atoms with Gasteiger partial charge in [-0.3, -0.25) is 19.7 Å². The average molecular weight is 449 g/mol. The number of amides is 1. The van der Waals surface area contributed by atoms with E-state index in [-0.39, 0.29) is 17.7 Å². The third-order valence-corrected chi connectivity index (χ3v) is 5.81. The van der Waals surface area contributed by atoms with Crippen LogP contribution in [-0.2, 0) is 28.9 Å². The molecule has 3 aromatic heterocycles. The van der Waals surface area contributed by atoms with Gasteiger partial charge >= 0.3 is 5.97 Å². The highest BCUT2D eigenvalue weighted by molar-refractivity contribution is 5.95. The molecule has 172 valence electrons. The summed E-state index contributed by atoms with van der Waals surface area (Å²) in [5, 5.41) is 13.6. The molecule has 0 spiro atoms. The lowest BCUT2D eigenvalue weighted by Gasteiger charge is -2.29. The number of esters is 1. The van der Waals surface area contributed by atoms with E-state index in [4.69, 9.17) is 0 Å². The normalized spacial score (nSPS) is 14.3. The second kappa shape index (κ2) is 9.40. The first-order chi connectivity index (χ1) is 15.8. The molecule has 1 aliphatic carbocycles. The van der Waals surface area contributed by atoms with Crippen molar-refractivity contribution >= 4 is 17.7 Å². The molecule has 1 aliphatic rings. The van der Waals surface area contributed by atoms with Crippen LogP contribution in [0.1, 0.15) is 47.6 Å². The summed E-state index contributed by atoms with van der Waals surface area (Å²) in [5.74, 6) is -0.455. The number of nitrogens with zero attached hydrogens (tertiary/aromatic N) is 3. The number of pyridine rings is 2. The standard InChI is InChI=1S/C24H28N6O3/c1-24(2)7-6-17-19(11-24)29-30-22(17)16-9-18(23(32)27-14-21(31)33-3)28-20(10-16)26-13-15-5-4-8-25-12-15/h4-5,8-10,12H,6-7,11,13-14H2,1-3H3,(H,26,28)(H,27,32)(H,29,30). The Balaban J connectivity index is 1.65. The second-order valence-electron chi connectivity index (χ2n) is 8.97. The van der Waals surface area contributed by atoms with E-state index in [9.17, 15) is 9.59 Å². The molecular formula is C24H28N6O3. The number of H-pyrrole nitrogens is 1. The van der Waals surface area contributed by atoms with Crippen LogP contribution in [0.4, 0.5) is 5.82 Å². The molecule has 0 aromatic carbocycles. The molecule has 0 radical (unpaired) electrons. The van der Waals surface area contributed by atoms with Crippen LogP contribution in [0, 0.1) is 5.41 Å². The summed E-state index contributed by atoms with van der Waals surface area (Å²) in [6.07, 6.45) is 6.40. The number of aromatic amines is 1. The minimum Gasteiger partial charge on any atom is -0.468 e. The Hall–Kier alpha value is -3.75. The number of methoxy groups -OCH3 is 1. The zero-order valence-corrected chi connectivity index (χ0v) is 19.1. The molecule has 1 amide bonds. The summed E-state index contributed by atoms with van der Waals surface area (Å²) in [6, 6.07) is 7.42. The number of anilines is 1. The maximum absolute atomic E-state index is 12.7. The van der Waals surface area contributed by atoms with Gasteiger partial charge in [-0.1, -0.05) is 19.9 Å². The number of hydrogen-bond acceptors (Lipinski definition) is 7. The quantitative estimate of drug-likeness (QED) is 0.475. The molecule has 0 unspecified atom stereocenters. The van der Waals surface area contributed by atoms with Crippen molar-refractivity contribution in [2.75, 3.05) is 19.0 Å². The van der Waals surface area contributed by atoms with Crippen LogP contribution in [-0.4, -0.2) is 45.7 Å². The monoisotopic (exact) mass is 448 g/mol. The Morgan fingerprint density at radius 2 is 2.12 bits per heavy atom. The van der Waals surface area contributed by atoms with E-state index in [1.807, 2.05) is 18.2 Å². The molecule has 9 heteroatoms. The fourth-order valence-corrected chi connectivity index (χ4v) is 3.97. The number of carbonyl (C=O) groups is 2. The molecule has 0 bridgehead atoms. The summed E-state index contributed by atoms with van der Waals surface area (Å²) in [5.41, 5.74) is 5.34. The summed E-state index contributed by atoms with van der Waals surface area (Å²) in [6.45, 7) is 4.78. The molecule has 0 saturated heterocycles. The lowest BCUT2D eigenvalue weighted by atomic mass is 9.76. The summed E-state index contributed by atoms with van der Waals surface area (Å²) in [7, 11) is 1.27. The van der Waals surface area contributed by atoms with Gasteiger partial charge in [0.25, 0.3) is 5.91 Å². The third-order valence-electron chi connectivity index (χ3n) is 5.81. The number of aromatic nitrogens is 4. The van der Waals surface area contributed by atoms with Crippen LogP contribution >= 0.6 is 0 Å². The fraction of sp³-hybridized carbons (Fsp3) is 0.375. The topological polar surface area (TPSA) is 122 Å². The average Bonchev–Trinajstić information content (AvgIpc) is 3.23. The lowest BCUT2D eigenvalue weighted by molar-refractivity contribution is -0.139. The first-order valence-electron chi connectivity index (χ1n) is 10.9. The minimum atomic E-state index is -0.529. The summed E-state index contributed by atoms with van der Waals surface area (Å²) >= 11 is 0. The van der Waals surface area contributed by atoms with E-state index in [1.54, 1.807) is 18.5 Å². The molecule has 0 aliphatic heterocycles. The van der Waals surface area contributed by atoms with Crippen molar-refractivity contribution in [2.24, 2.45) is 5.41 Å². The molecule has 0 atom stereocenters. The first-order valence-corrected chi connectivity index (χ1v) is 10.9. The van der Waals surface area contributed by atoms with Crippen LogP contribution in [0.25, 0.3) is 11.3 Å². The SMILES string of the molecule is COC(=O)CNC(=O)c1cc(-c2n[nH]c3c2CCC(C)(C)C3)cc(NCc2cccnc2)n1. The van der Waals surface area contributed by atoms with Crippen molar-refractivity contribution in [3.05, 3.63) is 59.2 Å². The van der Waals surface area contributed by atoms with Gasteiger partial charge in [-0.2, -0.15) is 5.10 Å². The van der Waals surface area contributed by atoms with E-state index >= 15 is 0 Å². The van der Waals surface area contributed by atoms with Crippen LogP contribution in [0.15, 0.2) is 36.7 Å². The Labute approximate surface area is 192 Å². The van der Waals surface area contributed by atoms with Gasteiger partial charge in [-0.05, 0) is 48.4 Å². The number of hydrogen-bond donors (Lipinski definition) is 3. The summed E-state index contributed by atoms with van der Waals surface area (Å²) in [4.78, 5) is 32.8. The van der Waals surface area contributed by atoms with Gasteiger partial charge in [0.15, 0.2) is 0 Å². The molecule has 3 N–H and O–H groups in total. The predicted octanol–water partition coefficient (Wildman–Crippen LogP) is 2.90. The molecule has 9 nitrogen and oxygen atoms in total. The Bertz CT molecular complexity index is 1160. The van der Waals surface area contributed by atoms with Crippen molar-refractivity contribution < 1.29 is 14.3 Å². The fourth-order valence-electron chi connectivity index (χ4n) is 3.97. The first kappa shape index (κ1) is 22.4. The molecule has 33 heavy (non-hydrogen) atoms. The van der Waals surface area contributed by atoms with Gasteiger partial charge in [0.1, 0.15) is 18.1 Å². The maximum atomic E-state index is 12.7. The third kappa shape index (κ3) is 5.36. The zero-order valence-electron chi connectivity index (χ0n) is 19.1. The van der Waals surface area contributed by atoms with Crippen molar-refractivity contribution in [2.45, 2.75) is 39.7 Å². The molecule has 0 saturated carbocycles. The van der Waals surface area contributed by atoms with E-state index in [1.165, 1.54) is 12.7 Å². The lowest BCUT2D eigenvalue weighted by Crippen LogP contribution is -2.30. The highest BCUT2D eigenvalue weighted by Gasteiger charge is 2.29. The Morgan fingerprint density at radius 1 is 1.27 bits per heavy atom. The van der Waals surface area contributed by atoms with Gasteiger partial charge in [0.2, 0.25) is 0 Å². The minimum absolute atomic E-state index is 0.193. The largest absolute Gasteiger partial charge is 0.468 e. The Kier molecular flexibility index (Phi) is 6.39. The van der Waals surface area contributed by atoms with Gasteiger partial charge in [-0.15, -0.1) is 0 Å². The highest BCUT2D eigenvalue weighted by Crippen LogP contribution is 2.38. The molecule has 3 aromatic rings. The number of fused-ring (bicyclic) bond motifs is 1. The van der Waals surface area contributed by atoms with Crippen molar-refractivity contribution in [1.29, 1.82) is 0 Å². The van der Waals surface area contributed by atoms with Crippen LogP contribution in [0.2, 0.25) is 0 Å². The van der Waals surface area contributed by atoms with Crippen molar-refractivity contribution in [3.8, 4) is 11.3 Å². The van der Waals surface area contributed by atoms with Crippen LogP contribution in [0.5, 0.6) is 0 Å². The molecule has 4 rings (SSSR count). The number of carbonyl (C=O) groups excluding carboxylic acids is 2. The number of ether oxygens (including phenoxy) is 1. The molecular weight excluding hydrogens is 420 g/mol. The van der Waals surface area contributed by atoms with Gasteiger partial charge < -0.3 is 15.4 Å². The zero-order chi connectivity index (χ0) is 23.4. The van der Waals surface area contributed by atoms with E-state index in [2.05, 4.69) is 49.4 Å². The van der Waals surface area contributed by atoms with E-state index < -0.39 is 11.9 Å². The number of nitrogens with one attached hydrogen (secondary N) is 3.